The standard InChI is InChI=1S/C18H18F3NO2/c1-4-9-24-16-10(2)14-15(22-11(16)3)12-7-5-6-8-13(12)17(14,23)18(19,20)21/h5-8,23H,4,9H2,1-3H3. The SMILES string of the molecule is CCCOc1c(C)nc2c(c1C)C(O)(C(F)(F)F)c1ccccc1-2. The lowest BCUT2D eigenvalue weighted by Gasteiger charge is -2.30. The van der Waals surface area contributed by atoms with Gasteiger partial charge in [-0.1, -0.05) is 31.2 Å². The normalized spacial score (nSPS) is 19.1. The van der Waals surface area contributed by atoms with E-state index in [9.17, 15) is 18.3 Å². The minimum absolute atomic E-state index is 0.171. The number of benzene rings is 1. The molecule has 0 saturated heterocycles. The van der Waals surface area contributed by atoms with Gasteiger partial charge < -0.3 is 9.84 Å². The number of pyridine rings is 1. The van der Waals surface area contributed by atoms with Gasteiger partial charge in [0, 0.05) is 22.3 Å². The molecule has 6 heteroatoms. The summed E-state index contributed by atoms with van der Waals surface area (Å²) in [4.78, 5) is 4.33. The van der Waals surface area contributed by atoms with Crippen molar-refractivity contribution >= 4 is 0 Å². The van der Waals surface area contributed by atoms with Crippen LogP contribution in [-0.2, 0) is 5.60 Å². The zero-order valence-corrected chi connectivity index (χ0v) is 13.7. The molecule has 24 heavy (non-hydrogen) atoms. The van der Waals surface area contributed by atoms with Crippen LogP contribution in [0.3, 0.4) is 0 Å². The Bertz CT molecular complexity index is 802. The highest BCUT2D eigenvalue weighted by atomic mass is 19.4. The average Bonchev–Trinajstić information content (AvgIpc) is 2.78. The van der Waals surface area contributed by atoms with Gasteiger partial charge in [-0.15, -0.1) is 0 Å². The summed E-state index contributed by atoms with van der Waals surface area (Å²) in [6, 6.07) is 5.97. The molecule has 0 spiro atoms. The maximum absolute atomic E-state index is 13.8. The van der Waals surface area contributed by atoms with Gasteiger partial charge in [0.1, 0.15) is 5.75 Å². The quantitative estimate of drug-likeness (QED) is 0.910. The second-order valence-electron chi connectivity index (χ2n) is 5.98. The van der Waals surface area contributed by atoms with Crippen LogP contribution in [0.4, 0.5) is 13.2 Å². The van der Waals surface area contributed by atoms with Crippen molar-refractivity contribution in [3.8, 4) is 17.0 Å². The van der Waals surface area contributed by atoms with E-state index in [-0.39, 0.29) is 22.4 Å². The Balaban J connectivity index is 2.35. The molecule has 0 radical (unpaired) electrons. The highest BCUT2D eigenvalue weighted by Gasteiger charge is 2.62. The average molecular weight is 337 g/mol. The lowest BCUT2D eigenvalue weighted by atomic mass is 9.88. The van der Waals surface area contributed by atoms with Gasteiger partial charge in [0.15, 0.2) is 0 Å². The highest BCUT2D eigenvalue weighted by Crippen LogP contribution is 2.56. The van der Waals surface area contributed by atoms with Crippen LogP contribution < -0.4 is 4.74 Å². The predicted octanol–water partition coefficient (Wildman–Crippen LogP) is 4.27. The van der Waals surface area contributed by atoms with E-state index in [1.807, 2.05) is 6.92 Å². The molecule has 1 heterocycles. The molecule has 2 aromatic rings. The first kappa shape index (κ1) is 16.8. The number of hydrogen-bond donors (Lipinski definition) is 1. The van der Waals surface area contributed by atoms with Crippen molar-refractivity contribution in [1.82, 2.24) is 4.98 Å². The van der Waals surface area contributed by atoms with Gasteiger partial charge in [-0.2, -0.15) is 13.2 Å². The van der Waals surface area contributed by atoms with Crippen LogP contribution in [0.5, 0.6) is 5.75 Å². The number of aryl methyl sites for hydroxylation is 1. The Kier molecular flexibility index (Phi) is 3.83. The molecule has 1 aromatic heterocycles. The molecule has 0 fully saturated rings. The van der Waals surface area contributed by atoms with E-state index >= 15 is 0 Å². The molecule has 0 aliphatic heterocycles. The van der Waals surface area contributed by atoms with Crippen molar-refractivity contribution in [2.24, 2.45) is 0 Å². The Morgan fingerprint density at radius 2 is 1.88 bits per heavy atom. The van der Waals surface area contributed by atoms with Crippen molar-refractivity contribution in [1.29, 1.82) is 0 Å². The van der Waals surface area contributed by atoms with E-state index < -0.39 is 11.8 Å². The van der Waals surface area contributed by atoms with E-state index in [1.54, 1.807) is 26.0 Å². The summed E-state index contributed by atoms with van der Waals surface area (Å²) >= 11 is 0. The van der Waals surface area contributed by atoms with Crippen LogP contribution in [0, 0.1) is 13.8 Å². The molecule has 1 aromatic carbocycles. The second kappa shape index (κ2) is 5.48. The van der Waals surface area contributed by atoms with Gasteiger partial charge in [0.2, 0.25) is 5.60 Å². The fourth-order valence-corrected chi connectivity index (χ4v) is 3.33. The molecule has 1 N–H and O–H groups in total. The maximum Gasteiger partial charge on any atom is 0.425 e. The molecule has 1 atom stereocenters. The van der Waals surface area contributed by atoms with E-state index in [4.69, 9.17) is 4.74 Å². The van der Waals surface area contributed by atoms with Crippen LogP contribution in [0.15, 0.2) is 24.3 Å². The lowest BCUT2D eigenvalue weighted by Crippen LogP contribution is -2.42. The third-order valence-corrected chi connectivity index (χ3v) is 4.36. The summed E-state index contributed by atoms with van der Waals surface area (Å²) in [6.45, 7) is 5.53. The van der Waals surface area contributed by atoms with Crippen LogP contribution >= 0.6 is 0 Å². The van der Waals surface area contributed by atoms with E-state index in [2.05, 4.69) is 4.98 Å². The van der Waals surface area contributed by atoms with Crippen molar-refractivity contribution in [2.75, 3.05) is 6.61 Å². The number of fused-ring (bicyclic) bond motifs is 3. The first-order valence-corrected chi connectivity index (χ1v) is 7.77. The number of halogens is 3. The minimum Gasteiger partial charge on any atom is -0.491 e. The third kappa shape index (κ3) is 2.13. The zero-order chi connectivity index (χ0) is 17.7. The monoisotopic (exact) mass is 337 g/mol. The van der Waals surface area contributed by atoms with Gasteiger partial charge in [-0.05, 0) is 20.3 Å². The molecule has 1 aliphatic rings. The summed E-state index contributed by atoms with van der Waals surface area (Å²) in [5.41, 5.74) is -2.22. The molecule has 0 bridgehead atoms. The van der Waals surface area contributed by atoms with Gasteiger partial charge >= 0.3 is 6.18 Å². The van der Waals surface area contributed by atoms with Crippen LogP contribution in [0.25, 0.3) is 11.3 Å². The van der Waals surface area contributed by atoms with E-state index in [0.717, 1.165) is 6.42 Å². The molecule has 0 saturated carbocycles. The topological polar surface area (TPSA) is 42.4 Å². The molecule has 1 aliphatic carbocycles. The molecule has 128 valence electrons. The molecule has 0 amide bonds. The van der Waals surface area contributed by atoms with Crippen LogP contribution in [0.1, 0.15) is 35.7 Å². The Morgan fingerprint density at radius 1 is 1.21 bits per heavy atom. The van der Waals surface area contributed by atoms with Crippen LogP contribution in [-0.4, -0.2) is 22.9 Å². The fraction of sp³-hybridized carbons (Fsp3) is 0.389. The molecule has 3 rings (SSSR count). The smallest absolute Gasteiger partial charge is 0.425 e. The third-order valence-electron chi connectivity index (χ3n) is 4.36. The van der Waals surface area contributed by atoms with Gasteiger partial charge in [-0.25, -0.2) is 4.98 Å². The second-order valence-corrected chi connectivity index (χ2v) is 5.98. The molecular weight excluding hydrogens is 319 g/mol. The van der Waals surface area contributed by atoms with Crippen molar-refractivity contribution in [3.05, 3.63) is 46.6 Å². The highest BCUT2D eigenvalue weighted by molar-refractivity contribution is 5.80. The number of rotatable bonds is 3. The van der Waals surface area contributed by atoms with Crippen molar-refractivity contribution in [3.63, 3.8) is 0 Å². The number of hydrogen-bond acceptors (Lipinski definition) is 3. The predicted molar refractivity (Wildman–Crippen MR) is 84.0 cm³/mol. The summed E-state index contributed by atoms with van der Waals surface area (Å²) in [5.74, 6) is 0.311. The minimum atomic E-state index is -4.86. The van der Waals surface area contributed by atoms with Crippen molar-refractivity contribution < 1.29 is 23.0 Å². The fourth-order valence-electron chi connectivity index (χ4n) is 3.33. The molecule has 3 nitrogen and oxygen atoms in total. The first-order valence-electron chi connectivity index (χ1n) is 7.77. The van der Waals surface area contributed by atoms with E-state index in [0.29, 0.717) is 23.6 Å². The Morgan fingerprint density at radius 3 is 2.50 bits per heavy atom. The number of ether oxygens (including phenoxy) is 1. The summed E-state index contributed by atoms with van der Waals surface area (Å²) in [5, 5.41) is 10.7. The number of aliphatic hydroxyl groups is 1. The van der Waals surface area contributed by atoms with Gasteiger partial charge in [0.05, 0.1) is 18.0 Å². The Labute approximate surface area is 138 Å². The first-order chi connectivity index (χ1) is 11.2. The number of aromatic nitrogens is 1. The zero-order valence-electron chi connectivity index (χ0n) is 13.7. The molecular formula is C18H18F3NO2. The Hall–Kier alpha value is -2.08. The largest absolute Gasteiger partial charge is 0.491 e. The van der Waals surface area contributed by atoms with Crippen LogP contribution in [0.2, 0.25) is 0 Å². The number of alkyl halides is 3. The van der Waals surface area contributed by atoms with Gasteiger partial charge in [-0.3, -0.25) is 0 Å². The number of nitrogens with zero attached hydrogens (tertiary/aromatic N) is 1. The summed E-state index contributed by atoms with van der Waals surface area (Å²) < 4.78 is 47.2. The summed E-state index contributed by atoms with van der Waals surface area (Å²) in [6.07, 6.45) is -4.14. The van der Waals surface area contributed by atoms with Gasteiger partial charge in [0.25, 0.3) is 0 Å². The lowest BCUT2D eigenvalue weighted by molar-refractivity contribution is -0.247. The summed E-state index contributed by atoms with van der Waals surface area (Å²) in [7, 11) is 0. The van der Waals surface area contributed by atoms with E-state index in [1.165, 1.54) is 12.1 Å². The molecule has 1 unspecified atom stereocenters. The maximum atomic E-state index is 13.8. The van der Waals surface area contributed by atoms with Crippen molar-refractivity contribution in [2.45, 2.75) is 39.0 Å².